The molecule has 2 aromatic carbocycles. The van der Waals surface area contributed by atoms with Gasteiger partial charge in [-0.05, 0) is 46.3 Å². The first-order valence-electron chi connectivity index (χ1n) is 5.71. The second-order valence-electron chi connectivity index (χ2n) is 4.14. The predicted octanol–water partition coefficient (Wildman–Crippen LogP) is 5.33. The van der Waals surface area contributed by atoms with Crippen LogP contribution in [0, 0.1) is 11.6 Å². The summed E-state index contributed by atoms with van der Waals surface area (Å²) >= 11 is 2.90. The van der Waals surface area contributed by atoms with Crippen molar-refractivity contribution < 1.29 is 26.7 Å². The van der Waals surface area contributed by atoms with Crippen LogP contribution in [-0.4, -0.2) is 0 Å². The van der Waals surface area contributed by atoms with Gasteiger partial charge < -0.3 is 4.74 Å². The number of benzene rings is 2. The molecule has 2 rings (SSSR count). The van der Waals surface area contributed by atoms with Crippen molar-refractivity contribution >= 4 is 15.9 Å². The Hall–Kier alpha value is -1.63. The summed E-state index contributed by atoms with van der Waals surface area (Å²) in [5, 5.41) is 0. The average molecular weight is 367 g/mol. The van der Waals surface area contributed by atoms with Crippen LogP contribution in [-0.2, 0) is 12.8 Å². The van der Waals surface area contributed by atoms with E-state index in [2.05, 4.69) is 15.9 Å². The van der Waals surface area contributed by atoms with Crippen molar-refractivity contribution in [2.45, 2.75) is 12.8 Å². The van der Waals surface area contributed by atoms with Crippen LogP contribution in [0.5, 0.6) is 5.75 Å². The van der Waals surface area contributed by atoms with E-state index in [4.69, 9.17) is 4.74 Å². The molecule has 0 unspecified atom stereocenters. The van der Waals surface area contributed by atoms with E-state index in [-0.39, 0.29) is 15.8 Å². The minimum Gasteiger partial charge on any atom is -0.489 e. The van der Waals surface area contributed by atoms with Gasteiger partial charge in [0.1, 0.15) is 24.0 Å². The van der Waals surface area contributed by atoms with Crippen molar-refractivity contribution in [2.24, 2.45) is 0 Å². The lowest BCUT2D eigenvalue weighted by atomic mass is 10.2. The van der Waals surface area contributed by atoms with Crippen molar-refractivity contribution in [3.63, 3.8) is 0 Å². The molecule has 0 saturated heterocycles. The predicted molar refractivity (Wildman–Crippen MR) is 69.8 cm³/mol. The Morgan fingerprint density at radius 1 is 1.05 bits per heavy atom. The Kier molecular flexibility index (Phi) is 4.51. The zero-order valence-corrected chi connectivity index (χ0v) is 11.9. The lowest BCUT2D eigenvalue weighted by Gasteiger charge is -2.11. The van der Waals surface area contributed by atoms with Crippen molar-refractivity contribution in [2.75, 3.05) is 0 Å². The van der Waals surface area contributed by atoms with Gasteiger partial charge in [0.2, 0.25) is 0 Å². The van der Waals surface area contributed by atoms with Crippen molar-refractivity contribution in [1.29, 1.82) is 0 Å². The van der Waals surface area contributed by atoms with Gasteiger partial charge in [-0.25, -0.2) is 8.78 Å². The van der Waals surface area contributed by atoms with Crippen LogP contribution < -0.4 is 4.74 Å². The molecule has 0 aliphatic heterocycles. The Bertz CT molecular complexity index is 654. The van der Waals surface area contributed by atoms with E-state index in [1.165, 1.54) is 12.1 Å². The molecule has 0 radical (unpaired) electrons. The quantitative estimate of drug-likeness (QED) is 0.527. The van der Waals surface area contributed by atoms with Crippen molar-refractivity contribution in [3.8, 4) is 5.75 Å². The van der Waals surface area contributed by atoms with Crippen LogP contribution in [0.25, 0.3) is 0 Å². The largest absolute Gasteiger partial charge is 0.489 e. The van der Waals surface area contributed by atoms with Crippen LogP contribution in [0.1, 0.15) is 11.1 Å². The summed E-state index contributed by atoms with van der Waals surface area (Å²) in [6.07, 6.45) is -4.51. The Morgan fingerprint density at radius 3 is 2.43 bits per heavy atom. The molecule has 0 aromatic heterocycles. The molecular weight excluding hydrogens is 359 g/mol. The average Bonchev–Trinajstić information content (AvgIpc) is 2.42. The molecule has 0 heterocycles. The van der Waals surface area contributed by atoms with E-state index in [1.807, 2.05) is 0 Å². The van der Waals surface area contributed by atoms with Crippen LogP contribution in [0.15, 0.2) is 40.9 Å². The Labute approximate surface area is 125 Å². The molecule has 0 aliphatic rings. The first-order chi connectivity index (χ1) is 9.79. The maximum Gasteiger partial charge on any atom is 0.416 e. The second-order valence-corrected chi connectivity index (χ2v) is 4.99. The molecule has 112 valence electrons. The highest BCUT2D eigenvalue weighted by molar-refractivity contribution is 9.10. The third-order valence-corrected chi connectivity index (χ3v) is 3.30. The maximum atomic E-state index is 13.7. The number of hydrogen-bond donors (Lipinski definition) is 0. The minimum absolute atomic E-state index is 0.0477. The summed E-state index contributed by atoms with van der Waals surface area (Å²) in [7, 11) is 0. The molecule has 0 spiro atoms. The molecule has 0 aliphatic carbocycles. The van der Waals surface area contributed by atoms with Gasteiger partial charge in [0.05, 0.1) is 15.6 Å². The highest BCUT2D eigenvalue weighted by Gasteiger charge is 2.30. The standard InChI is InChI=1S/C14H8BrF5O/c15-11-4-5-12(16)10(13(11)17)7-21-9-3-1-2-8(6-9)14(18,19)20/h1-6H,7H2. The summed E-state index contributed by atoms with van der Waals surface area (Å²) in [6.45, 7) is -0.515. The maximum absolute atomic E-state index is 13.7. The first kappa shape index (κ1) is 15.8. The van der Waals surface area contributed by atoms with Gasteiger partial charge in [0, 0.05) is 0 Å². The van der Waals surface area contributed by atoms with E-state index in [0.29, 0.717) is 0 Å². The number of ether oxygens (including phenoxy) is 1. The molecule has 0 amide bonds. The van der Waals surface area contributed by atoms with Crippen LogP contribution >= 0.6 is 15.9 Å². The lowest BCUT2D eigenvalue weighted by Crippen LogP contribution is -2.06. The van der Waals surface area contributed by atoms with Gasteiger partial charge in [0.15, 0.2) is 0 Å². The summed E-state index contributed by atoms with van der Waals surface area (Å²) in [4.78, 5) is 0. The molecule has 0 bridgehead atoms. The van der Waals surface area contributed by atoms with Gasteiger partial charge in [-0.1, -0.05) is 6.07 Å². The van der Waals surface area contributed by atoms with E-state index in [1.54, 1.807) is 0 Å². The fourth-order valence-electron chi connectivity index (χ4n) is 1.62. The number of hydrogen-bond acceptors (Lipinski definition) is 1. The normalized spacial score (nSPS) is 11.5. The van der Waals surface area contributed by atoms with E-state index >= 15 is 0 Å². The summed E-state index contributed by atoms with van der Waals surface area (Å²) in [6, 6.07) is 6.33. The third kappa shape index (κ3) is 3.72. The summed E-state index contributed by atoms with van der Waals surface area (Å²) < 4.78 is 69.9. The van der Waals surface area contributed by atoms with E-state index in [0.717, 1.165) is 24.3 Å². The SMILES string of the molecule is Fc1ccc(Br)c(F)c1COc1cccc(C(F)(F)F)c1. The summed E-state index contributed by atoms with van der Waals surface area (Å²) in [5.74, 6) is -1.80. The molecule has 0 N–H and O–H groups in total. The highest BCUT2D eigenvalue weighted by atomic mass is 79.9. The number of rotatable bonds is 3. The zero-order chi connectivity index (χ0) is 15.6. The fourth-order valence-corrected chi connectivity index (χ4v) is 1.99. The first-order valence-corrected chi connectivity index (χ1v) is 6.51. The monoisotopic (exact) mass is 366 g/mol. The highest BCUT2D eigenvalue weighted by Crippen LogP contribution is 2.31. The van der Waals surface area contributed by atoms with Crippen LogP contribution in [0.4, 0.5) is 22.0 Å². The van der Waals surface area contributed by atoms with Gasteiger partial charge in [-0.2, -0.15) is 13.2 Å². The smallest absolute Gasteiger partial charge is 0.416 e. The fraction of sp³-hybridized carbons (Fsp3) is 0.143. The molecule has 0 atom stereocenters. The molecule has 21 heavy (non-hydrogen) atoms. The Morgan fingerprint density at radius 2 is 1.76 bits per heavy atom. The summed E-state index contributed by atoms with van der Waals surface area (Å²) in [5.41, 5.74) is -1.25. The molecule has 1 nitrogen and oxygen atoms in total. The van der Waals surface area contributed by atoms with Crippen LogP contribution in [0.2, 0.25) is 0 Å². The molecule has 7 heteroatoms. The number of alkyl halides is 3. The van der Waals surface area contributed by atoms with E-state index in [9.17, 15) is 22.0 Å². The third-order valence-electron chi connectivity index (χ3n) is 2.68. The van der Waals surface area contributed by atoms with Gasteiger partial charge in [-0.15, -0.1) is 0 Å². The molecule has 2 aromatic rings. The van der Waals surface area contributed by atoms with Gasteiger partial charge >= 0.3 is 6.18 Å². The van der Waals surface area contributed by atoms with Gasteiger partial charge in [-0.3, -0.25) is 0 Å². The Balaban J connectivity index is 2.20. The van der Waals surface area contributed by atoms with Gasteiger partial charge in [0.25, 0.3) is 0 Å². The minimum atomic E-state index is -4.51. The molecular formula is C14H8BrF5O. The van der Waals surface area contributed by atoms with E-state index < -0.39 is 30.0 Å². The van der Waals surface area contributed by atoms with Crippen molar-refractivity contribution in [3.05, 3.63) is 63.6 Å². The van der Waals surface area contributed by atoms with Crippen molar-refractivity contribution in [1.82, 2.24) is 0 Å². The zero-order valence-electron chi connectivity index (χ0n) is 10.3. The lowest BCUT2D eigenvalue weighted by molar-refractivity contribution is -0.137. The second kappa shape index (κ2) is 6.01. The molecule has 0 fully saturated rings. The topological polar surface area (TPSA) is 9.23 Å². The molecule has 0 saturated carbocycles. The number of halogens is 6. The van der Waals surface area contributed by atoms with Crippen LogP contribution in [0.3, 0.4) is 0 Å².